The number of rotatable bonds is 7. The van der Waals surface area contributed by atoms with Crippen LogP contribution in [0.25, 0.3) is 5.69 Å². The summed E-state index contributed by atoms with van der Waals surface area (Å²) in [7, 11) is 0. The minimum Gasteiger partial charge on any atom is -0.483 e. The van der Waals surface area contributed by atoms with Crippen molar-refractivity contribution in [3.8, 4) is 11.4 Å². The largest absolute Gasteiger partial charge is 0.483 e. The quantitative estimate of drug-likeness (QED) is 0.708. The fourth-order valence-corrected chi connectivity index (χ4v) is 2.79. The van der Waals surface area contributed by atoms with Crippen molar-refractivity contribution in [2.24, 2.45) is 0 Å². The summed E-state index contributed by atoms with van der Waals surface area (Å²) in [4.78, 5) is 16.3. The zero-order valence-electron chi connectivity index (χ0n) is 15.1. The first-order chi connectivity index (χ1) is 12.7. The van der Waals surface area contributed by atoms with Gasteiger partial charge in [-0.3, -0.25) is 4.79 Å². The lowest BCUT2D eigenvalue weighted by atomic mass is 10.1. The first-order valence-corrected chi connectivity index (χ1v) is 8.75. The third-order valence-corrected chi connectivity index (χ3v) is 4.29. The molecule has 5 nitrogen and oxygen atoms in total. The summed E-state index contributed by atoms with van der Waals surface area (Å²) in [6.45, 7) is 4.04. The molecule has 1 amide bonds. The van der Waals surface area contributed by atoms with Gasteiger partial charge >= 0.3 is 0 Å². The Hall–Kier alpha value is -3.08. The Morgan fingerprint density at radius 2 is 1.96 bits per heavy atom. The number of para-hydroxylation sites is 1. The average Bonchev–Trinajstić information content (AvgIpc) is 3.21. The standard InChI is InChI=1S/C21H23N3O2/c1-3-17-6-4-5-7-20(17)26-14-21(25)23-16(2)18-8-10-19(11-9-18)24-13-12-22-15-24/h4-13,15-16H,3,14H2,1-2H3,(H,23,25). The molecule has 0 spiro atoms. The lowest BCUT2D eigenvalue weighted by Gasteiger charge is -2.16. The van der Waals surface area contributed by atoms with E-state index in [0.29, 0.717) is 0 Å². The van der Waals surface area contributed by atoms with Gasteiger partial charge in [-0.05, 0) is 42.7 Å². The van der Waals surface area contributed by atoms with Crippen LogP contribution in [-0.4, -0.2) is 22.1 Å². The van der Waals surface area contributed by atoms with Gasteiger partial charge in [0.05, 0.1) is 12.4 Å². The van der Waals surface area contributed by atoms with Crippen molar-refractivity contribution in [3.05, 3.63) is 78.4 Å². The molecule has 134 valence electrons. The van der Waals surface area contributed by atoms with Crippen molar-refractivity contribution in [2.75, 3.05) is 6.61 Å². The second-order valence-corrected chi connectivity index (χ2v) is 6.10. The number of aryl methyl sites for hydroxylation is 1. The summed E-state index contributed by atoms with van der Waals surface area (Å²) in [6.07, 6.45) is 6.27. The van der Waals surface area contributed by atoms with E-state index < -0.39 is 0 Å². The number of hydrogen-bond donors (Lipinski definition) is 1. The van der Waals surface area contributed by atoms with E-state index in [9.17, 15) is 4.79 Å². The van der Waals surface area contributed by atoms with Crippen LogP contribution in [0.1, 0.15) is 31.0 Å². The summed E-state index contributed by atoms with van der Waals surface area (Å²) in [6, 6.07) is 15.7. The molecule has 1 aromatic heterocycles. The molecule has 3 aromatic rings. The van der Waals surface area contributed by atoms with Gasteiger partial charge in [-0.2, -0.15) is 0 Å². The highest BCUT2D eigenvalue weighted by Gasteiger charge is 2.11. The van der Waals surface area contributed by atoms with Crippen molar-refractivity contribution in [1.29, 1.82) is 0 Å². The van der Waals surface area contributed by atoms with Gasteiger partial charge in [-0.15, -0.1) is 0 Å². The highest BCUT2D eigenvalue weighted by molar-refractivity contribution is 5.78. The molecule has 0 saturated carbocycles. The third-order valence-electron chi connectivity index (χ3n) is 4.29. The maximum Gasteiger partial charge on any atom is 0.258 e. The molecular weight excluding hydrogens is 326 g/mol. The highest BCUT2D eigenvalue weighted by atomic mass is 16.5. The normalized spacial score (nSPS) is 11.8. The van der Waals surface area contributed by atoms with Crippen molar-refractivity contribution < 1.29 is 9.53 Å². The molecule has 1 atom stereocenters. The minimum absolute atomic E-state index is 0.00841. The predicted octanol–water partition coefficient (Wildman–Crippen LogP) is 3.69. The Morgan fingerprint density at radius 1 is 1.19 bits per heavy atom. The molecule has 0 saturated heterocycles. The molecule has 0 aliphatic heterocycles. The molecule has 3 rings (SSSR count). The van der Waals surface area contributed by atoms with Crippen LogP contribution in [0.3, 0.4) is 0 Å². The number of ether oxygens (including phenoxy) is 1. The SMILES string of the molecule is CCc1ccccc1OCC(=O)NC(C)c1ccc(-n2ccnc2)cc1. The molecule has 26 heavy (non-hydrogen) atoms. The van der Waals surface area contributed by atoms with Crippen LogP contribution < -0.4 is 10.1 Å². The Morgan fingerprint density at radius 3 is 2.65 bits per heavy atom. The van der Waals surface area contributed by atoms with E-state index in [1.807, 2.05) is 66.2 Å². The van der Waals surface area contributed by atoms with Crippen LogP contribution in [0, 0.1) is 0 Å². The molecule has 0 aliphatic rings. The van der Waals surface area contributed by atoms with E-state index in [0.717, 1.165) is 29.0 Å². The second-order valence-electron chi connectivity index (χ2n) is 6.10. The summed E-state index contributed by atoms with van der Waals surface area (Å²) in [5, 5.41) is 2.98. The van der Waals surface area contributed by atoms with E-state index in [4.69, 9.17) is 4.74 Å². The monoisotopic (exact) mass is 349 g/mol. The summed E-state index contributed by atoms with van der Waals surface area (Å²) in [5.74, 6) is 0.629. The molecule has 2 aromatic carbocycles. The first-order valence-electron chi connectivity index (χ1n) is 8.75. The van der Waals surface area contributed by atoms with E-state index in [2.05, 4.69) is 17.2 Å². The van der Waals surface area contributed by atoms with E-state index in [1.165, 1.54) is 0 Å². The zero-order valence-corrected chi connectivity index (χ0v) is 15.1. The first kappa shape index (κ1) is 17.7. The predicted molar refractivity (Wildman–Crippen MR) is 101 cm³/mol. The van der Waals surface area contributed by atoms with Crippen molar-refractivity contribution >= 4 is 5.91 Å². The molecule has 0 radical (unpaired) electrons. The highest BCUT2D eigenvalue weighted by Crippen LogP contribution is 2.19. The lowest BCUT2D eigenvalue weighted by Crippen LogP contribution is -2.31. The van der Waals surface area contributed by atoms with Gasteiger partial charge in [0.2, 0.25) is 0 Å². The van der Waals surface area contributed by atoms with Gasteiger partial charge in [0.1, 0.15) is 5.75 Å². The minimum atomic E-state index is -0.137. The fourth-order valence-electron chi connectivity index (χ4n) is 2.79. The average molecular weight is 349 g/mol. The van der Waals surface area contributed by atoms with Gasteiger partial charge in [-0.1, -0.05) is 37.3 Å². The summed E-state index contributed by atoms with van der Waals surface area (Å²) >= 11 is 0. The Kier molecular flexibility index (Phi) is 5.69. The van der Waals surface area contributed by atoms with Gasteiger partial charge in [0.15, 0.2) is 6.61 Å². The Labute approximate surface area is 153 Å². The molecular formula is C21H23N3O2. The Balaban J connectivity index is 1.55. The smallest absolute Gasteiger partial charge is 0.258 e. The number of hydrogen-bond acceptors (Lipinski definition) is 3. The van der Waals surface area contributed by atoms with E-state index >= 15 is 0 Å². The number of nitrogens with one attached hydrogen (secondary N) is 1. The van der Waals surface area contributed by atoms with Gasteiger partial charge in [-0.25, -0.2) is 4.98 Å². The molecule has 5 heteroatoms. The number of nitrogens with zero attached hydrogens (tertiary/aromatic N) is 2. The number of aromatic nitrogens is 2. The molecule has 0 bridgehead atoms. The Bertz CT molecular complexity index is 842. The van der Waals surface area contributed by atoms with Crippen molar-refractivity contribution in [2.45, 2.75) is 26.3 Å². The molecule has 0 aliphatic carbocycles. The summed E-state index contributed by atoms with van der Waals surface area (Å²) < 4.78 is 7.61. The van der Waals surface area contributed by atoms with Crippen LogP contribution in [0.5, 0.6) is 5.75 Å². The number of carbonyl (C=O) groups excluding carboxylic acids is 1. The van der Waals surface area contributed by atoms with E-state index in [-0.39, 0.29) is 18.6 Å². The topological polar surface area (TPSA) is 56.1 Å². The van der Waals surface area contributed by atoms with Crippen LogP contribution in [0.4, 0.5) is 0 Å². The molecule has 1 N–H and O–H groups in total. The number of amides is 1. The van der Waals surface area contributed by atoms with Crippen LogP contribution in [0.2, 0.25) is 0 Å². The number of carbonyl (C=O) groups is 1. The number of benzene rings is 2. The van der Waals surface area contributed by atoms with Crippen molar-refractivity contribution in [1.82, 2.24) is 14.9 Å². The van der Waals surface area contributed by atoms with E-state index in [1.54, 1.807) is 12.5 Å². The number of imidazole rings is 1. The zero-order chi connectivity index (χ0) is 18.4. The fraction of sp³-hybridized carbons (Fsp3) is 0.238. The van der Waals surface area contributed by atoms with Crippen molar-refractivity contribution in [3.63, 3.8) is 0 Å². The third kappa shape index (κ3) is 4.30. The maximum atomic E-state index is 12.2. The molecule has 1 heterocycles. The molecule has 1 unspecified atom stereocenters. The molecule has 0 fully saturated rings. The second kappa shape index (κ2) is 8.34. The summed E-state index contributed by atoms with van der Waals surface area (Å²) in [5.41, 5.74) is 3.17. The van der Waals surface area contributed by atoms with Gasteiger partial charge < -0.3 is 14.6 Å². The van der Waals surface area contributed by atoms with Gasteiger partial charge in [0.25, 0.3) is 5.91 Å². The van der Waals surface area contributed by atoms with Crippen LogP contribution in [0.15, 0.2) is 67.3 Å². The lowest BCUT2D eigenvalue weighted by molar-refractivity contribution is -0.123. The van der Waals surface area contributed by atoms with Crippen LogP contribution >= 0.6 is 0 Å². The van der Waals surface area contributed by atoms with Crippen LogP contribution in [-0.2, 0) is 11.2 Å². The van der Waals surface area contributed by atoms with Gasteiger partial charge in [0, 0.05) is 18.1 Å². The maximum absolute atomic E-state index is 12.2.